The first-order valence-electron chi connectivity index (χ1n) is 10.5. The third-order valence-electron chi connectivity index (χ3n) is 5.46. The Hall–Kier alpha value is -3.13. The zero-order valence-electron chi connectivity index (χ0n) is 17.4. The number of carbonyl (C=O) groups is 1. The predicted octanol–water partition coefficient (Wildman–Crippen LogP) is 4.17. The Bertz CT molecular complexity index is 1150. The highest BCUT2D eigenvalue weighted by molar-refractivity contribution is 7.90. The highest BCUT2D eigenvalue weighted by Crippen LogP contribution is 2.24. The fraction of sp³-hybridized carbons (Fsp3) is 0.304. The highest BCUT2D eigenvalue weighted by Gasteiger charge is 2.21. The van der Waals surface area contributed by atoms with E-state index in [0.29, 0.717) is 0 Å². The molecule has 0 radical (unpaired) electrons. The molecule has 0 atom stereocenters. The molecule has 2 N–H and O–H groups in total. The Morgan fingerprint density at radius 2 is 1.68 bits per heavy atom. The Morgan fingerprint density at radius 3 is 2.35 bits per heavy atom. The minimum Gasteiger partial charge on any atom is -0.335 e. The smallest absolute Gasteiger partial charge is 0.328 e. The van der Waals surface area contributed by atoms with Gasteiger partial charge in [-0.2, -0.15) is 5.10 Å². The van der Waals surface area contributed by atoms with Crippen molar-refractivity contribution in [1.82, 2.24) is 19.8 Å². The summed E-state index contributed by atoms with van der Waals surface area (Å²) in [6, 6.07) is 17.6. The predicted molar refractivity (Wildman–Crippen MR) is 119 cm³/mol. The molecule has 8 heteroatoms. The lowest BCUT2D eigenvalue weighted by molar-refractivity contribution is 0.237. The number of sulfonamides is 1. The van der Waals surface area contributed by atoms with Crippen molar-refractivity contribution in [3.63, 3.8) is 0 Å². The Labute approximate surface area is 182 Å². The van der Waals surface area contributed by atoms with Crippen molar-refractivity contribution in [3.05, 3.63) is 66.4 Å². The van der Waals surface area contributed by atoms with Gasteiger partial charge in [0.25, 0.3) is 10.0 Å². The summed E-state index contributed by atoms with van der Waals surface area (Å²) in [6.45, 7) is 1.91. The van der Waals surface area contributed by atoms with Crippen molar-refractivity contribution in [1.29, 1.82) is 0 Å². The molecule has 162 valence electrons. The zero-order chi connectivity index (χ0) is 21.8. The monoisotopic (exact) mass is 438 g/mol. The van der Waals surface area contributed by atoms with Crippen molar-refractivity contribution in [3.8, 4) is 16.9 Å². The highest BCUT2D eigenvalue weighted by atomic mass is 32.2. The minimum absolute atomic E-state index is 0.0279. The third kappa shape index (κ3) is 4.96. The number of nitrogens with one attached hydrogen (secondary N) is 2. The van der Waals surface area contributed by atoms with E-state index >= 15 is 0 Å². The van der Waals surface area contributed by atoms with Crippen LogP contribution < -0.4 is 10.0 Å². The van der Waals surface area contributed by atoms with E-state index in [4.69, 9.17) is 0 Å². The molecular formula is C23H26N4O3S. The Morgan fingerprint density at radius 1 is 1.00 bits per heavy atom. The molecule has 0 bridgehead atoms. The molecule has 2 amide bonds. The van der Waals surface area contributed by atoms with E-state index in [1.54, 1.807) is 16.8 Å². The lowest BCUT2D eigenvalue weighted by atomic mass is 9.96. The van der Waals surface area contributed by atoms with E-state index in [1.807, 2.05) is 43.3 Å². The van der Waals surface area contributed by atoms with Crippen molar-refractivity contribution in [2.45, 2.75) is 50.0 Å². The summed E-state index contributed by atoms with van der Waals surface area (Å²) < 4.78 is 29.2. The van der Waals surface area contributed by atoms with Crippen molar-refractivity contribution < 1.29 is 13.2 Å². The van der Waals surface area contributed by atoms with Gasteiger partial charge in [0.05, 0.1) is 22.0 Å². The van der Waals surface area contributed by atoms with Crippen LogP contribution in [0.4, 0.5) is 4.79 Å². The maximum Gasteiger partial charge on any atom is 0.328 e. The molecule has 0 spiro atoms. The molecule has 1 fully saturated rings. The van der Waals surface area contributed by atoms with Gasteiger partial charge in [-0.1, -0.05) is 49.6 Å². The number of aromatic nitrogens is 2. The van der Waals surface area contributed by atoms with E-state index in [1.165, 1.54) is 12.1 Å². The quantitative estimate of drug-likeness (QED) is 0.625. The van der Waals surface area contributed by atoms with Crippen LogP contribution in [0, 0.1) is 6.92 Å². The molecule has 31 heavy (non-hydrogen) atoms. The van der Waals surface area contributed by atoms with Crippen LogP contribution in [0.5, 0.6) is 0 Å². The second-order valence-corrected chi connectivity index (χ2v) is 9.54. The first kappa shape index (κ1) is 21.1. The van der Waals surface area contributed by atoms with E-state index < -0.39 is 16.1 Å². The Kier molecular flexibility index (Phi) is 6.08. The maximum atomic E-state index is 12.6. The van der Waals surface area contributed by atoms with Crippen LogP contribution in [-0.2, 0) is 10.0 Å². The zero-order valence-corrected chi connectivity index (χ0v) is 18.2. The molecule has 2 aromatic carbocycles. The van der Waals surface area contributed by atoms with Crippen LogP contribution in [0.3, 0.4) is 0 Å². The number of nitrogens with zero attached hydrogens (tertiary/aromatic N) is 2. The number of hydrogen-bond donors (Lipinski definition) is 2. The summed E-state index contributed by atoms with van der Waals surface area (Å²) in [5.74, 6) is 0. The summed E-state index contributed by atoms with van der Waals surface area (Å²) >= 11 is 0. The topological polar surface area (TPSA) is 93.1 Å². The molecule has 1 aromatic heterocycles. The summed E-state index contributed by atoms with van der Waals surface area (Å²) in [4.78, 5) is 12.2. The summed E-state index contributed by atoms with van der Waals surface area (Å²) in [6.07, 6.45) is 5.03. The van der Waals surface area contributed by atoms with Crippen LogP contribution in [-0.4, -0.2) is 30.3 Å². The average Bonchev–Trinajstić information content (AvgIpc) is 3.16. The molecular weight excluding hydrogens is 412 g/mol. The average molecular weight is 439 g/mol. The Balaban J connectivity index is 1.51. The second-order valence-electron chi connectivity index (χ2n) is 7.86. The number of benzene rings is 2. The first-order valence-corrected chi connectivity index (χ1v) is 12.0. The van der Waals surface area contributed by atoms with Gasteiger partial charge < -0.3 is 5.32 Å². The van der Waals surface area contributed by atoms with E-state index in [0.717, 1.165) is 54.7 Å². The van der Waals surface area contributed by atoms with Crippen LogP contribution in [0.1, 0.15) is 37.8 Å². The number of carbonyl (C=O) groups excluding carboxylic acids is 1. The normalized spacial score (nSPS) is 14.9. The summed E-state index contributed by atoms with van der Waals surface area (Å²) in [5.41, 5.74) is 3.52. The van der Waals surface area contributed by atoms with Gasteiger partial charge in [0, 0.05) is 11.6 Å². The lowest BCUT2D eigenvalue weighted by Gasteiger charge is -2.22. The molecule has 1 aliphatic carbocycles. The van der Waals surface area contributed by atoms with Crippen molar-refractivity contribution in [2.75, 3.05) is 0 Å². The van der Waals surface area contributed by atoms with Gasteiger partial charge in [0.2, 0.25) is 0 Å². The van der Waals surface area contributed by atoms with Crippen molar-refractivity contribution >= 4 is 16.1 Å². The van der Waals surface area contributed by atoms with E-state index in [-0.39, 0.29) is 10.9 Å². The number of amides is 2. The molecule has 7 nitrogen and oxygen atoms in total. The maximum absolute atomic E-state index is 12.6. The molecule has 1 heterocycles. The molecule has 0 unspecified atom stereocenters. The van der Waals surface area contributed by atoms with Gasteiger partial charge in [-0.3, -0.25) is 0 Å². The van der Waals surface area contributed by atoms with Gasteiger partial charge >= 0.3 is 6.03 Å². The second kappa shape index (κ2) is 8.93. The molecule has 1 aliphatic rings. The van der Waals surface area contributed by atoms with Crippen LogP contribution >= 0.6 is 0 Å². The molecule has 1 saturated carbocycles. The number of aryl methyl sites for hydroxylation is 1. The first-order chi connectivity index (χ1) is 14.9. The third-order valence-corrected chi connectivity index (χ3v) is 6.81. The minimum atomic E-state index is -3.96. The van der Waals surface area contributed by atoms with Crippen molar-refractivity contribution in [2.24, 2.45) is 0 Å². The SMILES string of the molecule is Cc1cc(-c2ccccc2)n(-c2ccc(S(=O)(=O)NC(=O)NC3CCCCC3)cc2)n1. The van der Waals surface area contributed by atoms with Crippen LogP contribution in [0.2, 0.25) is 0 Å². The van der Waals surface area contributed by atoms with E-state index in [2.05, 4.69) is 15.1 Å². The van der Waals surface area contributed by atoms with Crippen LogP contribution in [0.15, 0.2) is 65.6 Å². The van der Waals surface area contributed by atoms with E-state index in [9.17, 15) is 13.2 Å². The molecule has 0 aliphatic heterocycles. The summed E-state index contributed by atoms with van der Waals surface area (Å²) in [7, 11) is -3.96. The van der Waals surface area contributed by atoms with Gasteiger partial charge in [-0.15, -0.1) is 0 Å². The molecule has 0 saturated heterocycles. The largest absolute Gasteiger partial charge is 0.335 e. The van der Waals surface area contributed by atoms with Gasteiger partial charge in [-0.05, 0) is 50.1 Å². The number of rotatable bonds is 5. The number of hydrogen-bond acceptors (Lipinski definition) is 4. The fourth-order valence-electron chi connectivity index (χ4n) is 3.92. The standard InChI is InChI=1S/C23H26N4O3S/c1-17-16-22(18-8-4-2-5-9-18)27(25-17)20-12-14-21(15-13-20)31(29,30)26-23(28)24-19-10-6-3-7-11-19/h2,4-5,8-9,12-16,19H,3,6-7,10-11H2,1H3,(H2,24,26,28). The molecule has 3 aromatic rings. The van der Waals surface area contributed by atoms with Gasteiger partial charge in [-0.25, -0.2) is 22.6 Å². The van der Waals surface area contributed by atoms with Crippen LogP contribution in [0.25, 0.3) is 16.9 Å². The van der Waals surface area contributed by atoms with Gasteiger partial charge in [0.15, 0.2) is 0 Å². The van der Waals surface area contributed by atoms with Gasteiger partial charge in [0.1, 0.15) is 0 Å². The fourth-order valence-corrected chi connectivity index (χ4v) is 4.84. The lowest BCUT2D eigenvalue weighted by Crippen LogP contribution is -2.45. The number of urea groups is 1. The molecule has 4 rings (SSSR count). The summed E-state index contributed by atoms with van der Waals surface area (Å²) in [5, 5.41) is 7.32.